The molecule has 2 rings (SSSR count). The van der Waals surface area contributed by atoms with E-state index in [0.717, 1.165) is 24.1 Å². The zero-order chi connectivity index (χ0) is 22.1. The molecule has 0 unspecified atom stereocenters. The second-order valence-corrected chi connectivity index (χ2v) is 6.46. The molecule has 1 heterocycles. The standard InChI is InChI=1S/C22H21F3N4O/c1-3-5-16(2)15-29(20-9-8-19(13-26)28-14-20)21(30)27-11-10-17-6-4-7-18(12-17)22(23,24)25/h4-12,14H,3,15H2,1-2H3,(H,27,30)/b11-10+,16-5+. The molecule has 1 N–H and O–H groups in total. The van der Waals surface area contributed by atoms with E-state index in [4.69, 9.17) is 5.26 Å². The Bertz CT molecular complexity index is 973. The van der Waals surface area contributed by atoms with Crippen LogP contribution in [0.2, 0.25) is 0 Å². The second-order valence-electron chi connectivity index (χ2n) is 6.46. The highest BCUT2D eigenvalue weighted by Gasteiger charge is 2.30. The number of nitrogens with one attached hydrogen (secondary N) is 1. The minimum atomic E-state index is -4.43. The van der Waals surface area contributed by atoms with Crippen LogP contribution >= 0.6 is 0 Å². The maximum absolute atomic E-state index is 12.8. The van der Waals surface area contributed by atoms with Crippen LogP contribution in [-0.4, -0.2) is 17.6 Å². The summed E-state index contributed by atoms with van der Waals surface area (Å²) in [5, 5.41) is 11.5. The highest BCUT2D eigenvalue weighted by molar-refractivity contribution is 5.93. The number of benzene rings is 1. The fourth-order valence-electron chi connectivity index (χ4n) is 2.66. The maximum atomic E-state index is 12.8. The number of carbonyl (C=O) groups is 1. The molecule has 0 bridgehead atoms. The lowest BCUT2D eigenvalue weighted by Gasteiger charge is -2.22. The molecule has 30 heavy (non-hydrogen) atoms. The quantitative estimate of drug-likeness (QED) is 0.633. The number of aromatic nitrogens is 1. The smallest absolute Gasteiger partial charge is 0.314 e. The van der Waals surface area contributed by atoms with Crippen LogP contribution in [0.15, 0.2) is 60.4 Å². The van der Waals surface area contributed by atoms with E-state index >= 15 is 0 Å². The van der Waals surface area contributed by atoms with Gasteiger partial charge in [-0.25, -0.2) is 9.78 Å². The Morgan fingerprint density at radius 1 is 1.30 bits per heavy atom. The molecule has 0 radical (unpaired) electrons. The molecule has 0 fully saturated rings. The average molecular weight is 414 g/mol. The molecule has 0 atom stereocenters. The lowest BCUT2D eigenvalue weighted by molar-refractivity contribution is -0.137. The topological polar surface area (TPSA) is 69.0 Å². The predicted molar refractivity (Wildman–Crippen MR) is 109 cm³/mol. The van der Waals surface area contributed by atoms with Crippen LogP contribution in [0, 0.1) is 11.3 Å². The molecule has 0 aliphatic carbocycles. The molecule has 1 aromatic carbocycles. The van der Waals surface area contributed by atoms with Gasteiger partial charge in [0.2, 0.25) is 0 Å². The van der Waals surface area contributed by atoms with Gasteiger partial charge in [0, 0.05) is 12.7 Å². The van der Waals surface area contributed by atoms with Crippen molar-refractivity contribution in [2.75, 3.05) is 11.4 Å². The van der Waals surface area contributed by atoms with Crippen molar-refractivity contribution >= 4 is 17.8 Å². The van der Waals surface area contributed by atoms with E-state index in [1.807, 2.05) is 26.0 Å². The van der Waals surface area contributed by atoms with Crippen molar-refractivity contribution in [1.29, 1.82) is 5.26 Å². The normalized spacial score (nSPS) is 11.9. The summed E-state index contributed by atoms with van der Waals surface area (Å²) in [6.45, 7) is 4.17. The van der Waals surface area contributed by atoms with E-state index in [1.54, 1.807) is 6.07 Å². The summed E-state index contributed by atoms with van der Waals surface area (Å²) in [6, 6.07) is 9.35. The molecule has 0 aliphatic heterocycles. The third kappa shape index (κ3) is 6.48. The Morgan fingerprint density at radius 3 is 2.67 bits per heavy atom. The van der Waals surface area contributed by atoms with Gasteiger partial charge in [-0.1, -0.05) is 30.7 Å². The van der Waals surface area contributed by atoms with Crippen molar-refractivity contribution in [2.24, 2.45) is 0 Å². The number of nitrogens with zero attached hydrogens (tertiary/aromatic N) is 3. The number of nitriles is 1. The first-order chi connectivity index (χ1) is 14.2. The second kappa shape index (κ2) is 10.3. The Hall–Kier alpha value is -3.60. The van der Waals surface area contributed by atoms with Gasteiger partial charge in [-0.3, -0.25) is 4.90 Å². The summed E-state index contributed by atoms with van der Waals surface area (Å²) >= 11 is 0. The van der Waals surface area contributed by atoms with E-state index in [-0.39, 0.29) is 5.69 Å². The van der Waals surface area contributed by atoms with Crippen LogP contribution in [-0.2, 0) is 6.18 Å². The Morgan fingerprint density at radius 2 is 2.07 bits per heavy atom. The summed E-state index contributed by atoms with van der Waals surface area (Å²) in [7, 11) is 0. The molecule has 2 aromatic rings. The van der Waals surface area contributed by atoms with Crippen LogP contribution in [0.1, 0.15) is 37.1 Å². The number of halogens is 3. The lowest BCUT2D eigenvalue weighted by atomic mass is 10.1. The molecule has 0 saturated heterocycles. The zero-order valence-corrected chi connectivity index (χ0v) is 16.6. The molecule has 156 valence electrons. The van der Waals surface area contributed by atoms with Gasteiger partial charge in [0.25, 0.3) is 0 Å². The number of rotatable bonds is 6. The number of anilines is 1. The highest BCUT2D eigenvalue weighted by atomic mass is 19.4. The average Bonchev–Trinajstić information content (AvgIpc) is 2.72. The van der Waals surface area contributed by atoms with Crippen LogP contribution < -0.4 is 10.2 Å². The van der Waals surface area contributed by atoms with Gasteiger partial charge in [-0.2, -0.15) is 18.4 Å². The number of allylic oxidation sites excluding steroid dienone is 1. The fraction of sp³-hybridized carbons (Fsp3) is 0.227. The van der Waals surface area contributed by atoms with Gasteiger partial charge in [-0.15, -0.1) is 0 Å². The number of alkyl halides is 3. The minimum absolute atomic E-state index is 0.226. The minimum Gasteiger partial charge on any atom is -0.314 e. The number of pyridine rings is 1. The number of urea groups is 1. The molecule has 8 heteroatoms. The summed E-state index contributed by atoms with van der Waals surface area (Å²) in [6.07, 6.45) is 2.46. The summed E-state index contributed by atoms with van der Waals surface area (Å²) in [4.78, 5) is 18.1. The van der Waals surface area contributed by atoms with Gasteiger partial charge in [-0.05, 0) is 49.2 Å². The van der Waals surface area contributed by atoms with Crippen molar-refractivity contribution in [3.05, 3.63) is 77.3 Å². The first kappa shape index (κ1) is 22.7. The molecular weight excluding hydrogens is 393 g/mol. The van der Waals surface area contributed by atoms with Gasteiger partial charge in [0.05, 0.1) is 17.4 Å². The van der Waals surface area contributed by atoms with E-state index < -0.39 is 17.8 Å². The monoisotopic (exact) mass is 414 g/mol. The van der Waals surface area contributed by atoms with Gasteiger partial charge < -0.3 is 5.32 Å². The first-order valence-corrected chi connectivity index (χ1v) is 9.18. The molecule has 2 amide bonds. The molecule has 0 saturated carbocycles. The van der Waals surface area contributed by atoms with Crippen molar-refractivity contribution < 1.29 is 18.0 Å². The van der Waals surface area contributed by atoms with Gasteiger partial charge in [0.15, 0.2) is 0 Å². The van der Waals surface area contributed by atoms with Crippen molar-refractivity contribution in [3.8, 4) is 6.07 Å². The summed E-state index contributed by atoms with van der Waals surface area (Å²) in [5.41, 5.74) is 1.21. The zero-order valence-electron chi connectivity index (χ0n) is 16.6. The molecule has 0 aliphatic rings. The van der Waals surface area contributed by atoms with Crippen LogP contribution in [0.4, 0.5) is 23.7 Å². The third-order valence-electron chi connectivity index (χ3n) is 4.08. The molecule has 0 spiro atoms. The van der Waals surface area contributed by atoms with E-state index in [2.05, 4.69) is 10.3 Å². The van der Waals surface area contributed by atoms with E-state index in [1.165, 1.54) is 41.6 Å². The maximum Gasteiger partial charge on any atom is 0.416 e. The summed E-state index contributed by atoms with van der Waals surface area (Å²) < 4.78 is 38.5. The van der Waals surface area contributed by atoms with Crippen molar-refractivity contribution in [3.63, 3.8) is 0 Å². The molecular formula is C22H21F3N4O. The Labute approximate surface area is 173 Å². The lowest BCUT2D eigenvalue weighted by Crippen LogP contribution is -2.38. The SMILES string of the molecule is CC/C=C(\C)CN(C(=O)N/C=C/c1cccc(C(F)(F)F)c1)c1ccc(C#N)nc1. The van der Waals surface area contributed by atoms with E-state index in [9.17, 15) is 18.0 Å². The third-order valence-corrected chi connectivity index (χ3v) is 4.08. The van der Waals surface area contributed by atoms with Crippen LogP contribution in [0.3, 0.4) is 0 Å². The van der Waals surface area contributed by atoms with Crippen LogP contribution in [0.5, 0.6) is 0 Å². The van der Waals surface area contributed by atoms with E-state index in [0.29, 0.717) is 17.8 Å². The van der Waals surface area contributed by atoms with Crippen molar-refractivity contribution in [1.82, 2.24) is 10.3 Å². The Balaban J connectivity index is 2.18. The van der Waals surface area contributed by atoms with Gasteiger partial charge in [0.1, 0.15) is 11.8 Å². The first-order valence-electron chi connectivity index (χ1n) is 9.18. The number of carbonyl (C=O) groups excluding carboxylic acids is 1. The number of hydrogen-bond acceptors (Lipinski definition) is 3. The number of amides is 2. The summed E-state index contributed by atoms with van der Waals surface area (Å²) in [5.74, 6) is 0. The van der Waals surface area contributed by atoms with Gasteiger partial charge >= 0.3 is 12.2 Å². The Kier molecular flexibility index (Phi) is 7.76. The molecule has 5 nitrogen and oxygen atoms in total. The fourth-order valence-corrected chi connectivity index (χ4v) is 2.66. The molecule has 1 aromatic heterocycles. The number of hydrogen-bond donors (Lipinski definition) is 1. The van der Waals surface area contributed by atoms with Crippen LogP contribution in [0.25, 0.3) is 6.08 Å². The highest BCUT2D eigenvalue weighted by Crippen LogP contribution is 2.29. The largest absolute Gasteiger partial charge is 0.416 e. The van der Waals surface area contributed by atoms with Crippen molar-refractivity contribution in [2.45, 2.75) is 26.4 Å². The predicted octanol–water partition coefficient (Wildman–Crippen LogP) is 5.52.